The molecule has 0 aliphatic rings. The van der Waals surface area contributed by atoms with Gasteiger partial charge in [-0.15, -0.1) is 10.2 Å². The van der Waals surface area contributed by atoms with E-state index in [1.54, 1.807) is 55.6 Å². The van der Waals surface area contributed by atoms with Crippen LogP contribution >= 0.6 is 35.0 Å². The van der Waals surface area contributed by atoms with Gasteiger partial charge in [-0.3, -0.25) is 9.36 Å². The van der Waals surface area contributed by atoms with Gasteiger partial charge >= 0.3 is 0 Å². The molecule has 1 aromatic heterocycles. The summed E-state index contributed by atoms with van der Waals surface area (Å²) >= 11 is 13.4. The van der Waals surface area contributed by atoms with Crippen molar-refractivity contribution < 1.29 is 9.53 Å². The van der Waals surface area contributed by atoms with E-state index in [1.165, 1.54) is 11.8 Å². The largest absolute Gasteiger partial charge is 0.497 e. The third-order valence-corrected chi connectivity index (χ3v) is 6.00. The fourth-order valence-corrected chi connectivity index (χ4v) is 4.06. The molecule has 0 saturated heterocycles. The first-order chi connectivity index (χ1) is 15.0. The highest BCUT2D eigenvalue weighted by Gasteiger charge is 2.18. The van der Waals surface area contributed by atoms with Gasteiger partial charge in [0.05, 0.1) is 12.9 Å². The Labute approximate surface area is 194 Å². The van der Waals surface area contributed by atoms with E-state index in [9.17, 15) is 4.79 Å². The minimum Gasteiger partial charge on any atom is -0.497 e. The first-order valence-corrected chi connectivity index (χ1v) is 11.1. The van der Waals surface area contributed by atoms with Crippen LogP contribution in [0.5, 0.6) is 5.75 Å². The van der Waals surface area contributed by atoms with Crippen LogP contribution in [-0.4, -0.2) is 33.4 Å². The number of hydrogen-bond acceptors (Lipinski definition) is 5. The van der Waals surface area contributed by atoms with Gasteiger partial charge in [-0.1, -0.05) is 35.0 Å². The Morgan fingerprint density at radius 1 is 0.903 bits per heavy atom. The van der Waals surface area contributed by atoms with Crippen LogP contribution in [0.4, 0.5) is 0 Å². The quantitative estimate of drug-likeness (QED) is 0.237. The maximum atomic E-state index is 12.7. The molecule has 0 atom stereocenters. The average Bonchev–Trinajstić information content (AvgIpc) is 3.22. The van der Waals surface area contributed by atoms with Gasteiger partial charge in [-0.25, -0.2) is 0 Å². The van der Waals surface area contributed by atoms with Crippen molar-refractivity contribution in [3.05, 3.63) is 88.4 Å². The number of thioether (sulfide) groups is 1. The molecule has 0 unspecified atom stereocenters. The molecule has 0 fully saturated rings. The standard InChI is InChI=1S/C23H17Cl2N3O2S/c1-30-20-12-4-15(5-13-20)21(29)14-31-23-27-26-22(16-2-6-17(24)7-3-16)28(23)19-10-8-18(25)9-11-19/h2-13H,14H2,1H3. The second-order valence-electron chi connectivity index (χ2n) is 6.57. The molecule has 0 saturated carbocycles. The predicted octanol–water partition coefficient (Wildman–Crippen LogP) is 6.22. The fourth-order valence-electron chi connectivity index (χ4n) is 2.96. The van der Waals surface area contributed by atoms with E-state index in [-0.39, 0.29) is 11.5 Å². The van der Waals surface area contributed by atoms with E-state index in [4.69, 9.17) is 27.9 Å². The lowest BCUT2D eigenvalue weighted by atomic mass is 10.1. The van der Waals surface area contributed by atoms with Crippen LogP contribution in [0, 0.1) is 0 Å². The Morgan fingerprint density at radius 2 is 1.52 bits per heavy atom. The molecule has 8 heteroatoms. The molecule has 5 nitrogen and oxygen atoms in total. The van der Waals surface area contributed by atoms with Gasteiger partial charge in [0.2, 0.25) is 0 Å². The number of methoxy groups -OCH3 is 1. The molecule has 0 bridgehead atoms. The van der Waals surface area contributed by atoms with Gasteiger partial charge in [0.15, 0.2) is 16.8 Å². The molecular weight excluding hydrogens is 453 g/mol. The molecule has 0 aliphatic heterocycles. The summed E-state index contributed by atoms with van der Waals surface area (Å²) in [6.45, 7) is 0. The van der Waals surface area contributed by atoms with Crippen LogP contribution in [0.25, 0.3) is 17.1 Å². The number of aromatic nitrogens is 3. The monoisotopic (exact) mass is 469 g/mol. The second-order valence-corrected chi connectivity index (χ2v) is 8.38. The topological polar surface area (TPSA) is 57.0 Å². The minimum atomic E-state index is -0.00801. The number of ether oxygens (including phenoxy) is 1. The number of carbonyl (C=O) groups excluding carboxylic acids is 1. The van der Waals surface area contributed by atoms with Crippen LogP contribution in [0.3, 0.4) is 0 Å². The van der Waals surface area contributed by atoms with Crippen molar-refractivity contribution in [1.29, 1.82) is 0 Å². The predicted molar refractivity (Wildman–Crippen MR) is 125 cm³/mol. The number of carbonyl (C=O) groups is 1. The van der Waals surface area contributed by atoms with Gasteiger partial charge in [0.1, 0.15) is 5.75 Å². The third kappa shape index (κ3) is 4.93. The normalized spacial score (nSPS) is 10.8. The average molecular weight is 470 g/mol. The lowest BCUT2D eigenvalue weighted by Crippen LogP contribution is -2.05. The maximum Gasteiger partial charge on any atom is 0.196 e. The summed E-state index contributed by atoms with van der Waals surface area (Å²) in [7, 11) is 1.59. The van der Waals surface area contributed by atoms with Crippen LogP contribution in [0.1, 0.15) is 10.4 Å². The molecule has 0 radical (unpaired) electrons. The van der Waals surface area contributed by atoms with Crippen LogP contribution in [-0.2, 0) is 0 Å². The van der Waals surface area contributed by atoms with E-state index >= 15 is 0 Å². The van der Waals surface area contributed by atoms with Crippen molar-refractivity contribution in [1.82, 2.24) is 14.8 Å². The van der Waals surface area contributed by atoms with Crippen LogP contribution < -0.4 is 4.74 Å². The molecule has 4 aromatic rings. The zero-order valence-corrected chi connectivity index (χ0v) is 18.8. The SMILES string of the molecule is COc1ccc(C(=O)CSc2nnc(-c3ccc(Cl)cc3)n2-c2ccc(Cl)cc2)cc1. The molecule has 1 heterocycles. The highest BCUT2D eigenvalue weighted by atomic mass is 35.5. The van der Waals surface area contributed by atoms with Crippen molar-refractivity contribution in [3.63, 3.8) is 0 Å². The Morgan fingerprint density at radius 3 is 2.13 bits per heavy atom. The molecule has 4 rings (SSSR count). The van der Waals surface area contributed by atoms with Gasteiger partial charge < -0.3 is 4.74 Å². The molecule has 156 valence electrons. The summed E-state index contributed by atoms with van der Waals surface area (Å²) in [5.74, 6) is 1.57. The Balaban J connectivity index is 1.64. The van der Waals surface area contributed by atoms with Gasteiger partial charge in [-0.05, 0) is 72.8 Å². The second kappa shape index (κ2) is 9.56. The van der Waals surface area contributed by atoms with Crippen molar-refractivity contribution in [2.75, 3.05) is 12.9 Å². The molecule has 0 aliphatic carbocycles. The summed E-state index contributed by atoms with van der Waals surface area (Å²) in [5.41, 5.74) is 2.32. The van der Waals surface area contributed by atoms with Crippen LogP contribution in [0.15, 0.2) is 78.0 Å². The summed E-state index contributed by atoms with van der Waals surface area (Å²) in [6, 6.07) is 21.8. The van der Waals surface area contributed by atoms with E-state index in [1.807, 2.05) is 28.8 Å². The Bertz CT molecular complexity index is 1190. The fraction of sp³-hybridized carbons (Fsp3) is 0.0870. The molecule has 31 heavy (non-hydrogen) atoms. The Hall–Kier alpha value is -2.80. The number of hydrogen-bond donors (Lipinski definition) is 0. The van der Waals surface area contributed by atoms with Crippen LogP contribution in [0.2, 0.25) is 10.0 Å². The molecule has 0 spiro atoms. The lowest BCUT2D eigenvalue weighted by Gasteiger charge is -2.10. The maximum absolute atomic E-state index is 12.7. The number of halogens is 2. The summed E-state index contributed by atoms with van der Waals surface area (Å²) in [4.78, 5) is 12.7. The highest BCUT2D eigenvalue weighted by molar-refractivity contribution is 7.99. The van der Waals surface area contributed by atoms with Gasteiger partial charge in [0, 0.05) is 26.9 Å². The van der Waals surface area contributed by atoms with E-state index in [0.29, 0.717) is 32.3 Å². The third-order valence-electron chi connectivity index (χ3n) is 4.56. The van der Waals surface area contributed by atoms with Gasteiger partial charge in [-0.2, -0.15) is 0 Å². The summed E-state index contributed by atoms with van der Waals surface area (Å²) in [6.07, 6.45) is 0. The Kier molecular flexibility index (Phi) is 6.61. The highest BCUT2D eigenvalue weighted by Crippen LogP contribution is 2.29. The van der Waals surface area contributed by atoms with Crippen molar-refractivity contribution in [2.45, 2.75) is 5.16 Å². The first-order valence-electron chi connectivity index (χ1n) is 9.32. The van der Waals surface area contributed by atoms with E-state index in [0.717, 1.165) is 11.3 Å². The number of benzene rings is 3. The summed E-state index contributed by atoms with van der Waals surface area (Å²) < 4.78 is 7.06. The number of Topliss-reactive ketones (excluding diaryl/α,β-unsaturated/α-hetero) is 1. The first kappa shape index (κ1) is 21.4. The van der Waals surface area contributed by atoms with E-state index in [2.05, 4.69) is 10.2 Å². The molecule has 0 amide bonds. The van der Waals surface area contributed by atoms with E-state index < -0.39 is 0 Å². The lowest BCUT2D eigenvalue weighted by molar-refractivity contribution is 0.102. The minimum absolute atomic E-state index is 0.00801. The number of ketones is 1. The van der Waals surface area contributed by atoms with Crippen molar-refractivity contribution in [2.24, 2.45) is 0 Å². The van der Waals surface area contributed by atoms with Gasteiger partial charge in [0.25, 0.3) is 0 Å². The number of nitrogens with zero attached hydrogens (tertiary/aromatic N) is 3. The smallest absolute Gasteiger partial charge is 0.196 e. The summed E-state index contributed by atoms with van der Waals surface area (Å²) in [5, 5.41) is 10.6. The zero-order valence-electron chi connectivity index (χ0n) is 16.5. The molecule has 3 aromatic carbocycles. The molecular formula is C23H17Cl2N3O2S. The van der Waals surface area contributed by atoms with Crippen molar-refractivity contribution >= 4 is 40.7 Å². The molecule has 0 N–H and O–H groups in total. The zero-order chi connectivity index (χ0) is 21.8. The number of rotatable bonds is 7. The van der Waals surface area contributed by atoms with Crippen molar-refractivity contribution in [3.8, 4) is 22.8 Å².